The molecule has 1 aromatic heterocycles. The highest BCUT2D eigenvalue weighted by Crippen LogP contribution is 2.27. The van der Waals surface area contributed by atoms with Crippen LogP contribution in [-0.4, -0.2) is 42.6 Å². The Balaban J connectivity index is 0.000000277. The second kappa shape index (κ2) is 7.85. The van der Waals surface area contributed by atoms with Gasteiger partial charge in [-0.15, -0.1) is 0 Å². The van der Waals surface area contributed by atoms with Crippen LogP contribution in [0.5, 0.6) is 0 Å². The van der Waals surface area contributed by atoms with E-state index in [0.29, 0.717) is 5.54 Å². The molecule has 1 aromatic rings. The summed E-state index contributed by atoms with van der Waals surface area (Å²) in [4.78, 5) is 8.74. The highest BCUT2D eigenvalue weighted by atomic mass is 35.5. The van der Waals surface area contributed by atoms with Gasteiger partial charge in [-0.2, -0.15) is 0 Å². The fourth-order valence-electron chi connectivity index (χ4n) is 2.41. The maximum absolute atomic E-state index is 6.13. The second-order valence-corrected chi connectivity index (χ2v) is 9.18. The van der Waals surface area contributed by atoms with Gasteiger partial charge in [0, 0.05) is 25.8 Å². The maximum atomic E-state index is 6.13. The summed E-state index contributed by atoms with van der Waals surface area (Å²) in [6.07, 6.45) is 4.10. The number of anilines is 1. The third-order valence-corrected chi connectivity index (χ3v) is 4.24. The first-order chi connectivity index (χ1) is 10.4. The molecule has 1 fully saturated rings. The van der Waals surface area contributed by atoms with Gasteiger partial charge in [0.1, 0.15) is 5.82 Å². The van der Waals surface area contributed by atoms with Crippen molar-refractivity contribution in [3.63, 3.8) is 0 Å². The number of likely N-dealkylation sites (tertiary alicyclic amines) is 1. The second-order valence-electron chi connectivity index (χ2n) is 8.78. The molecule has 0 N–H and O–H groups in total. The van der Waals surface area contributed by atoms with Crippen LogP contribution in [0.3, 0.4) is 0 Å². The Bertz CT molecular complexity index is 494. The molecular formula is C19H34ClN3. The van der Waals surface area contributed by atoms with E-state index >= 15 is 0 Å². The quantitative estimate of drug-likeness (QED) is 0.765. The summed E-state index contributed by atoms with van der Waals surface area (Å²) < 4.78 is 0. The van der Waals surface area contributed by atoms with Gasteiger partial charge in [-0.05, 0) is 63.7 Å². The van der Waals surface area contributed by atoms with Crippen LogP contribution in [0.1, 0.15) is 53.5 Å². The average molecular weight is 340 g/mol. The summed E-state index contributed by atoms with van der Waals surface area (Å²) >= 11 is 6.13. The summed E-state index contributed by atoms with van der Waals surface area (Å²) in [7, 11) is 3.97. The van der Waals surface area contributed by atoms with Gasteiger partial charge in [-0.1, -0.05) is 32.4 Å². The van der Waals surface area contributed by atoms with Crippen molar-refractivity contribution in [3.8, 4) is 0 Å². The van der Waals surface area contributed by atoms with E-state index < -0.39 is 0 Å². The largest absolute Gasteiger partial charge is 0.363 e. The Hall–Kier alpha value is -0.800. The van der Waals surface area contributed by atoms with Crippen molar-refractivity contribution >= 4 is 17.4 Å². The zero-order valence-corrected chi connectivity index (χ0v) is 17.0. The lowest BCUT2D eigenvalue weighted by Crippen LogP contribution is -2.49. The van der Waals surface area contributed by atoms with Gasteiger partial charge in [0.25, 0.3) is 0 Å². The van der Waals surface area contributed by atoms with Crippen LogP contribution >= 0.6 is 11.6 Å². The Morgan fingerprint density at radius 2 is 1.70 bits per heavy atom. The summed E-state index contributed by atoms with van der Waals surface area (Å²) in [6.45, 7) is 16.1. The lowest BCUT2D eigenvalue weighted by Gasteiger charge is -2.42. The summed E-state index contributed by atoms with van der Waals surface area (Å²) in [5.74, 6) is 0.957. The minimum Gasteiger partial charge on any atom is -0.363 e. The zero-order valence-electron chi connectivity index (χ0n) is 16.2. The van der Waals surface area contributed by atoms with Gasteiger partial charge in [0.2, 0.25) is 0 Å². The first-order valence-corrected chi connectivity index (χ1v) is 8.85. The summed E-state index contributed by atoms with van der Waals surface area (Å²) in [5, 5.41) is 0.760. The van der Waals surface area contributed by atoms with E-state index in [1.165, 1.54) is 25.1 Å². The minimum atomic E-state index is 0.245. The Morgan fingerprint density at radius 3 is 2.00 bits per heavy atom. The number of nitrogens with zero attached hydrogens (tertiary/aromatic N) is 3. The molecule has 1 aliphatic rings. The van der Waals surface area contributed by atoms with Crippen molar-refractivity contribution in [2.45, 2.75) is 59.9 Å². The van der Waals surface area contributed by atoms with Crippen molar-refractivity contribution in [3.05, 3.63) is 22.8 Å². The Morgan fingerprint density at radius 1 is 1.13 bits per heavy atom. The van der Waals surface area contributed by atoms with Crippen molar-refractivity contribution in [2.24, 2.45) is 5.41 Å². The lowest BCUT2D eigenvalue weighted by molar-refractivity contribution is 0.0690. The highest BCUT2D eigenvalue weighted by molar-refractivity contribution is 6.31. The molecule has 1 aliphatic heterocycles. The number of hydrogen-bond acceptors (Lipinski definition) is 3. The standard InChI is InChI=1S/C12H19ClN2.C7H15N/c1-12(2,3)7-9-6-11(15(4)5)14-8-10(9)13;1-7(2,3)8-5-4-6-8/h6,8H,7H2,1-5H3;4-6H2,1-3H3. The van der Waals surface area contributed by atoms with E-state index in [0.717, 1.165) is 17.3 Å². The predicted octanol–water partition coefficient (Wildman–Crippen LogP) is 4.88. The fraction of sp³-hybridized carbons (Fsp3) is 0.737. The van der Waals surface area contributed by atoms with Gasteiger partial charge in [0.05, 0.1) is 5.02 Å². The fourth-order valence-corrected chi connectivity index (χ4v) is 2.58. The van der Waals surface area contributed by atoms with Crippen molar-refractivity contribution in [2.75, 3.05) is 32.1 Å². The molecule has 0 aliphatic carbocycles. The molecule has 1 saturated heterocycles. The third kappa shape index (κ3) is 7.09. The third-order valence-electron chi connectivity index (χ3n) is 3.90. The van der Waals surface area contributed by atoms with Crippen LogP contribution in [0.4, 0.5) is 5.82 Å². The molecule has 23 heavy (non-hydrogen) atoms. The molecule has 4 heteroatoms. The first-order valence-electron chi connectivity index (χ1n) is 8.47. The highest BCUT2D eigenvalue weighted by Gasteiger charge is 2.25. The number of aromatic nitrogens is 1. The molecule has 0 saturated carbocycles. The average Bonchev–Trinajstić information content (AvgIpc) is 2.26. The van der Waals surface area contributed by atoms with E-state index in [4.69, 9.17) is 11.6 Å². The number of hydrogen-bond donors (Lipinski definition) is 0. The number of pyridine rings is 1. The van der Waals surface area contributed by atoms with Gasteiger partial charge in [0.15, 0.2) is 0 Å². The molecule has 0 amide bonds. The topological polar surface area (TPSA) is 19.4 Å². The molecule has 0 aromatic carbocycles. The van der Waals surface area contributed by atoms with Crippen molar-refractivity contribution in [1.82, 2.24) is 9.88 Å². The molecular weight excluding hydrogens is 306 g/mol. The first kappa shape index (κ1) is 20.2. The van der Waals surface area contributed by atoms with Crippen molar-refractivity contribution in [1.29, 1.82) is 0 Å². The van der Waals surface area contributed by atoms with Gasteiger partial charge in [-0.3, -0.25) is 4.90 Å². The van der Waals surface area contributed by atoms with Crippen LogP contribution in [0, 0.1) is 5.41 Å². The van der Waals surface area contributed by atoms with Crippen LogP contribution in [0.15, 0.2) is 12.3 Å². The summed E-state index contributed by atoms with van der Waals surface area (Å²) in [5.41, 5.74) is 1.84. The Kier molecular flexibility index (Phi) is 6.91. The molecule has 132 valence electrons. The van der Waals surface area contributed by atoms with E-state index in [-0.39, 0.29) is 5.41 Å². The van der Waals surface area contributed by atoms with Crippen LogP contribution in [0.25, 0.3) is 0 Å². The molecule has 3 nitrogen and oxygen atoms in total. The monoisotopic (exact) mass is 339 g/mol. The maximum Gasteiger partial charge on any atom is 0.128 e. The smallest absolute Gasteiger partial charge is 0.128 e. The molecule has 0 radical (unpaired) electrons. The van der Waals surface area contributed by atoms with E-state index in [1.54, 1.807) is 6.20 Å². The lowest BCUT2D eigenvalue weighted by atomic mass is 9.88. The predicted molar refractivity (Wildman–Crippen MR) is 103 cm³/mol. The van der Waals surface area contributed by atoms with Crippen molar-refractivity contribution < 1.29 is 0 Å². The van der Waals surface area contributed by atoms with Gasteiger partial charge < -0.3 is 4.90 Å². The molecule has 2 heterocycles. The number of rotatable bonds is 2. The SMILES string of the molecule is CC(C)(C)N1CCC1.CN(C)c1cc(CC(C)(C)C)c(Cl)cn1. The molecule has 0 atom stereocenters. The van der Waals surface area contributed by atoms with Crippen LogP contribution in [0.2, 0.25) is 5.02 Å². The van der Waals surface area contributed by atoms with Gasteiger partial charge >= 0.3 is 0 Å². The summed E-state index contributed by atoms with van der Waals surface area (Å²) in [6, 6.07) is 2.06. The van der Waals surface area contributed by atoms with E-state index in [1.807, 2.05) is 19.0 Å². The van der Waals surface area contributed by atoms with E-state index in [9.17, 15) is 0 Å². The van der Waals surface area contributed by atoms with Crippen LogP contribution < -0.4 is 4.90 Å². The minimum absolute atomic E-state index is 0.245. The normalized spacial score (nSPS) is 15.5. The van der Waals surface area contributed by atoms with Crippen LogP contribution in [-0.2, 0) is 6.42 Å². The molecule has 2 rings (SSSR count). The zero-order chi connectivity index (χ0) is 17.8. The van der Waals surface area contributed by atoms with E-state index in [2.05, 4.69) is 57.5 Å². The molecule has 0 spiro atoms. The number of halogens is 1. The molecule has 0 bridgehead atoms. The Labute approximate surface area is 148 Å². The molecule has 0 unspecified atom stereocenters. The van der Waals surface area contributed by atoms with Gasteiger partial charge in [-0.25, -0.2) is 4.98 Å².